The zero-order valence-electron chi connectivity index (χ0n) is 9.27. The molecule has 1 aromatic heterocycles. The lowest BCUT2D eigenvalue weighted by Crippen LogP contribution is -2.17. The van der Waals surface area contributed by atoms with Crippen molar-refractivity contribution in [1.29, 1.82) is 0 Å². The highest BCUT2D eigenvalue weighted by Gasteiger charge is 2.20. The van der Waals surface area contributed by atoms with E-state index in [1.165, 1.54) is 10.6 Å². The first-order valence-electron chi connectivity index (χ1n) is 5.24. The summed E-state index contributed by atoms with van der Waals surface area (Å²) in [6.45, 7) is -0.0157. The minimum Gasteiger partial charge on any atom is -0.454 e. The van der Waals surface area contributed by atoms with Gasteiger partial charge >= 0.3 is 0 Å². The molecule has 2 heterocycles. The quantitative estimate of drug-likeness (QED) is 0.790. The average Bonchev–Trinajstić information content (AvgIpc) is 2.81. The third-order valence-corrected chi connectivity index (χ3v) is 2.99. The lowest BCUT2D eigenvalue weighted by molar-refractivity contribution is 0.174. The van der Waals surface area contributed by atoms with Gasteiger partial charge in [-0.15, -0.1) is 0 Å². The van der Waals surface area contributed by atoms with Crippen molar-refractivity contribution >= 4 is 10.9 Å². The lowest BCUT2D eigenvalue weighted by atomic mass is 10.1. The van der Waals surface area contributed by atoms with Crippen LogP contribution >= 0.6 is 0 Å². The Hall–Kier alpha value is -2.01. The van der Waals surface area contributed by atoms with E-state index in [0.717, 1.165) is 5.39 Å². The molecule has 5 nitrogen and oxygen atoms in total. The number of pyridine rings is 1. The van der Waals surface area contributed by atoms with Crippen LogP contribution in [-0.4, -0.2) is 16.5 Å². The molecule has 88 valence electrons. The number of nitrogens with zero attached hydrogens (tertiary/aromatic N) is 1. The van der Waals surface area contributed by atoms with E-state index in [-0.39, 0.29) is 19.0 Å². The van der Waals surface area contributed by atoms with E-state index in [1.807, 2.05) is 6.07 Å². The summed E-state index contributed by atoms with van der Waals surface area (Å²) in [5.41, 5.74) is 1.09. The minimum absolute atomic E-state index is 0.159. The Morgan fingerprint density at radius 3 is 3.00 bits per heavy atom. The Kier molecular flexibility index (Phi) is 2.09. The molecule has 1 aliphatic rings. The van der Waals surface area contributed by atoms with E-state index >= 15 is 0 Å². The summed E-state index contributed by atoms with van der Waals surface area (Å²) in [5.74, 6) is 1.19. The van der Waals surface area contributed by atoms with Crippen molar-refractivity contribution in [2.75, 3.05) is 6.79 Å². The van der Waals surface area contributed by atoms with E-state index in [0.29, 0.717) is 22.6 Å². The van der Waals surface area contributed by atoms with Crippen LogP contribution < -0.4 is 15.0 Å². The van der Waals surface area contributed by atoms with Crippen LogP contribution in [0.2, 0.25) is 0 Å². The molecule has 2 aromatic rings. The smallest absolute Gasteiger partial charge is 0.251 e. The normalized spacial score (nSPS) is 13.3. The van der Waals surface area contributed by atoms with Crippen LogP contribution in [0.1, 0.15) is 5.56 Å². The summed E-state index contributed by atoms with van der Waals surface area (Å²) >= 11 is 0. The van der Waals surface area contributed by atoms with Crippen LogP contribution in [0.3, 0.4) is 0 Å². The van der Waals surface area contributed by atoms with E-state index in [1.54, 1.807) is 13.1 Å². The maximum atomic E-state index is 11.8. The number of rotatable bonds is 1. The average molecular weight is 233 g/mol. The number of hydrogen-bond acceptors (Lipinski definition) is 4. The standard InChI is InChI=1S/C12H11NO4/c1-13-10(15)4-7(5-14)8-2-3-9-12(11(8)13)17-6-16-9/h2-4,14H,5-6H2,1H3. The Bertz CT molecular complexity index is 660. The summed E-state index contributed by atoms with van der Waals surface area (Å²) in [7, 11) is 1.67. The molecule has 17 heavy (non-hydrogen) atoms. The zero-order chi connectivity index (χ0) is 12.0. The molecular formula is C12H11NO4. The van der Waals surface area contributed by atoms with Gasteiger partial charge in [-0.1, -0.05) is 0 Å². The molecule has 0 amide bonds. The minimum atomic E-state index is -0.176. The summed E-state index contributed by atoms with van der Waals surface area (Å²) in [6, 6.07) is 5.05. The molecule has 0 fully saturated rings. The van der Waals surface area contributed by atoms with E-state index in [4.69, 9.17) is 9.47 Å². The highest BCUT2D eigenvalue weighted by Crippen LogP contribution is 2.39. The number of hydrogen-bond donors (Lipinski definition) is 1. The monoisotopic (exact) mass is 233 g/mol. The van der Waals surface area contributed by atoms with Gasteiger partial charge in [0.25, 0.3) is 5.56 Å². The van der Waals surface area contributed by atoms with Crippen LogP contribution in [0, 0.1) is 0 Å². The van der Waals surface area contributed by atoms with Gasteiger partial charge in [-0.05, 0) is 17.7 Å². The molecule has 1 aliphatic heterocycles. The molecule has 0 saturated carbocycles. The Balaban J connectivity index is 2.51. The summed E-state index contributed by atoms with van der Waals surface area (Å²) in [4.78, 5) is 11.8. The molecule has 0 aliphatic carbocycles. The van der Waals surface area contributed by atoms with Crippen LogP contribution in [0.4, 0.5) is 0 Å². The first-order valence-corrected chi connectivity index (χ1v) is 5.24. The van der Waals surface area contributed by atoms with Gasteiger partial charge in [0.15, 0.2) is 11.5 Å². The number of aromatic nitrogens is 1. The molecule has 0 saturated heterocycles. The van der Waals surface area contributed by atoms with Crippen molar-refractivity contribution in [3.63, 3.8) is 0 Å². The van der Waals surface area contributed by atoms with Crippen molar-refractivity contribution in [2.45, 2.75) is 6.61 Å². The second-order valence-corrected chi connectivity index (χ2v) is 3.92. The SMILES string of the molecule is Cn1c(=O)cc(CO)c2ccc3c(c21)OCO3. The maximum absolute atomic E-state index is 11.8. The summed E-state index contributed by atoms with van der Waals surface area (Å²) in [6.07, 6.45) is 0. The van der Waals surface area contributed by atoms with E-state index < -0.39 is 0 Å². The number of aliphatic hydroxyl groups excluding tert-OH is 1. The highest BCUT2D eigenvalue weighted by molar-refractivity contribution is 5.90. The Labute approximate surface area is 96.8 Å². The largest absolute Gasteiger partial charge is 0.454 e. The molecule has 5 heteroatoms. The second-order valence-electron chi connectivity index (χ2n) is 3.92. The van der Waals surface area contributed by atoms with Crippen molar-refractivity contribution in [3.8, 4) is 11.5 Å². The topological polar surface area (TPSA) is 60.7 Å². The third-order valence-electron chi connectivity index (χ3n) is 2.99. The predicted octanol–water partition coefficient (Wildman–Crippen LogP) is 0.759. The first-order chi connectivity index (χ1) is 8.22. The number of benzene rings is 1. The molecule has 0 bridgehead atoms. The van der Waals surface area contributed by atoms with Crippen LogP contribution in [0.5, 0.6) is 11.5 Å². The number of fused-ring (bicyclic) bond motifs is 3. The van der Waals surface area contributed by atoms with E-state index in [9.17, 15) is 9.90 Å². The molecule has 3 rings (SSSR count). The predicted molar refractivity (Wildman–Crippen MR) is 61.2 cm³/mol. The fourth-order valence-electron chi connectivity index (χ4n) is 2.11. The third kappa shape index (κ3) is 1.32. The van der Waals surface area contributed by atoms with Crippen LogP contribution in [0.25, 0.3) is 10.9 Å². The molecule has 0 spiro atoms. The fraction of sp³-hybridized carbons (Fsp3) is 0.250. The Morgan fingerprint density at radius 2 is 2.24 bits per heavy atom. The van der Waals surface area contributed by atoms with Gasteiger partial charge in [0.2, 0.25) is 6.79 Å². The van der Waals surface area contributed by atoms with Crippen LogP contribution in [0.15, 0.2) is 23.0 Å². The number of ether oxygens (including phenoxy) is 2. The molecule has 0 radical (unpaired) electrons. The zero-order valence-corrected chi connectivity index (χ0v) is 9.27. The Morgan fingerprint density at radius 1 is 1.41 bits per heavy atom. The van der Waals surface area contributed by atoms with Crippen molar-refractivity contribution in [1.82, 2.24) is 4.57 Å². The van der Waals surface area contributed by atoms with Gasteiger partial charge in [-0.2, -0.15) is 0 Å². The highest BCUT2D eigenvalue weighted by atomic mass is 16.7. The number of aliphatic hydroxyl groups is 1. The van der Waals surface area contributed by atoms with Gasteiger partial charge in [0, 0.05) is 18.5 Å². The van der Waals surface area contributed by atoms with Gasteiger partial charge in [0.1, 0.15) is 0 Å². The molecular weight excluding hydrogens is 222 g/mol. The molecule has 1 aromatic carbocycles. The van der Waals surface area contributed by atoms with Crippen LogP contribution in [-0.2, 0) is 13.7 Å². The van der Waals surface area contributed by atoms with Gasteiger partial charge in [-0.25, -0.2) is 0 Å². The fourth-order valence-corrected chi connectivity index (χ4v) is 2.11. The van der Waals surface area contributed by atoms with E-state index in [2.05, 4.69) is 0 Å². The summed E-state index contributed by atoms with van der Waals surface area (Å²) < 4.78 is 12.2. The lowest BCUT2D eigenvalue weighted by Gasteiger charge is -2.10. The van der Waals surface area contributed by atoms with Gasteiger partial charge < -0.3 is 19.1 Å². The van der Waals surface area contributed by atoms with Crippen molar-refractivity contribution in [3.05, 3.63) is 34.1 Å². The van der Waals surface area contributed by atoms with Crippen molar-refractivity contribution < 1.29 is 14.6 Å². The molecule has 0 unspecified atom stereocenters. The maximum Gasteiger partial charge on any atom is 0.251 e. The second kappa shape index (κ2) is 3.49. The molecule has 0 atom stereocenters. The van der Waals surface area contributed by atoms with Gasteiger partial charge in [-0.3, -0.25) is 4.79 Å². The summed E-state index contributed by atoms with van der Waals surface area (Å²) in [5, 5.41) is 10.1. The first kappa shape index (κ1) is 10.2. The van der Waals surface area contributed by atoms with Gasteiger partial charge in [0.05, 0.1) is 12.1 Å². The number of aryl methyl sites for hydroxylation is 1. The molecule has 1 N–H and O–H groups in total. The van der Waals surface area contributed by atoms with Crippen molar-refractivity contribution in [2.24, 2.45) is 7.05 Å².